The fraction of sp³-hybridized carbons (Fsp3) is 0.595. The van der Waals surface area contributed by atoms with Gasteiger partial charge in [0, 0.05) is 12.6 Å². The Balaban J connectivity index is 0.000000659. The number of hydrogen-bond donors (Lipinski definition) is 4. The molecule has 0 radical (unpaired) electrons. The van der Waals surface area contributed by atoms with Gasteiger partial charge in [-0.1, -0.05) is 127 Å². The number of primary amides is 1. The summed E-state index contributed by atoms with van der Waals surface area (Å²) in [4.78, 5) is 20.6. The number of aryl methyl sites for hydroxylation is 1. The van der Waals surface area contributed by atoms with E-state index >= 15 is 0 Å². The van der Waals surface area contributed by atoms with Crippen LogP contribution >= 0.6 is 0 Å². The van der Waals surface area contributed by atoms with Gasteiger partial charge in [0.1, 0.15) is 5.78 Å². The minimum absolute atomic E-state index is 0.238. The van der Waals surface area contributed by atoms with E-state index < -0.39 is 0 Å². The average Bonchev–Trinajstić information content (AvgIpc) is 3.04. The van der Waals surface area contributed by atoms with Crippen molar-refractivity contribution in [2.45, 2.75) is 130 Å². The van der Waals surface area contributed by atoms with Crippen LogP contribution in [0.4, 0.5) is 0 Å². The van der Waals surface area contributed by atoms with E-state index in [1.54, 1.807) is 6.92 Å². The maximum atomic E-state index is 12.0. The molecular formula is C37H62N4O2. The van der Waals surface area contributed by atoms with Crippen LogP contribution in [0.1, 0.15) is 128 Å². The van der Waals surface area contributed by atoms with Crippen molar-refractivity contribution >= 4 is 18.4 Å². The maximum Gasteiger partial charge on any atom is 0.204 e. The lowest BCUT2D eigenvalue weighted by Crippen LogP contribution is -2.50. The van der Waals surface area contributed by atoms with Crippen LogP contribution in [0.2, 0.25) is 0 Å². The van der Waals surface area contributed by atoms with Crippen molar-refractivity contribution in [3.8, 4) is 0 Å². The predicted octanol–water partition coefficient (Wildman–Crippen LogP) is 8.33. The van der Waals surface area contributed by atoms with Gasteiger partial charge >= 0.3 is 0 Å². The van der Waals surface area contributed by atoms with Crippen LogP contribution in [-0.2, 0) is 22.6 Å². The SMILES string of the molecule is CCCC=N.CCCCC(CC1CCCCC1)(NC)C(C)=O.CCc1ccc(CNC(C)c2ccccc2)cc1.NC=O. The van der Waals surface area contributed by atoms with Crippen molar-refractivity contribution in [1.82, 2.24) is 10.6 Å². The van der Waals surface area contributed by atoms with Crippen LogP contribution in [0.25, 0.3) is 0 Å². The van der Waals surface area contributed by atoms with Gasteiger partial charge in [-0.25, -0.2) is 0 Å². The zero-order valence-corrected chi connectivity index (χ0v) is 28.1. The number of hydrogen-bond acceptors (Lipinski definition) is 5. The van der Waals surface area contributed by atoms with Gasteiger partial charge in [-0.2, -0.15) is 0 Å². The Morgan fingerprint density at radius 3 is 2.02 bits per heavy atom. The Morgan fingerprint density at radius 1 is 1.00 bits per heavy atom. The first-order valence-electron chi connectivity index (χ1n) is 16.5. The smallest absolute Gasteiger partial charge is 0.204 e. The lowest BCUT2D eigenvalue weighted by Gasteiger charge is -2.36. The number of ketones is 1. The number of likely N-dealkylation sites (N-methyl/N-ethyl adjacent to an activating group) is 1. The number of carbonyl (C=O) groups excluding carboxylic acids is 2. The van der Waals surface area contributed by atoms with Crippen molar-refractivity contribution in [3.05, 3.63) is 71.3 Å². The van der Waals surface area contributed by atoms with Gasteiger partial charge < -0.3 is 21.8 Å². The van der Waals surface area contributed by atoms with E-state index in [0.717, 1.165) is 51.0 Å². The lowest BCUT2D eigenvalue weighted by molar-refractivity contribution is -0.124. The minimum atomic E-state index is -0.238. The van der Waals surface area contributed by atoms with Gasteiger partial charge in [0.15, 0.2) is 0 Å². The summed E-state index contributed by atoms with van der Waals surface area (Å²) in [5.74, 6) is 1.09. The van der Waals surface area contributed by atoms with Crippen molar-refractivity contribution in [2.75, 3.05) is 7.05 Å². The van der Waals surface area contributed by atoms with Crippen molar-refractivity contribution in [1.29, 1.82) is 5.41 Å². The molecule has 1 saturated carbocycles. The van der Waals surface area contributed by atoms with Crippen LogP contribution in [0, 0.1) is 11.3 Å². The summed E-state index contributed by atoms with van der Waals surface area (Å²) in [7, 11) is 1.96. The molecule has 0 spiro atoms. The largest absolute Gasteiger partial charge is 0.372 e. The fourth-order valence-electron chi connectivity index (χ4n) is 5.36. The monoisotopic (exact) mass is 594 g/mol. The van der Waals surface area contributed by atoms with Crippen LogP contribution in [-0.4, -0.2) is 31.0 Å². The molecule has 2 atom stereocenters. The van der Waals surface area contributed by atoms with Gasteiger partial charge in [0.2, 0.25) is 6.41 Å². The molecule has 2 unspecified atom stereocenters. The number of carbonyl (C=O) groups is 2. The number of nitrogens with two attached hydrogens (primary N) is 1. The number of nitrogens with one attached hydrogen (secondary N) is 3. The Morgan fingerprint density at radius 2 is 1.58 bits per heavy atom. The summed E-state index contributed by atoms with van der Waals surface area (Å²) >= 11 is 0. The zero-order valence-electron chi connectivity index (χ0n) is 28.1. The number of benzene rings is 2. The van der Waals surface area contributed by atoms with Crippen LogP contribution in [0.15, 0.2) is 54.6 Å². The Hall–Kier alpha value is -2.83. The van der Waals surface area contributed by atoms with E-state index in [0.29, 0.717) is 11.8 Å². The summed E-state index contributed by atoms with van der Waals surface area (Å²) in [6.07, 6.45) is 15.9. The third-order valence-corrected chi connectivity index (χ3v) is 8.25. The molecule has 1 aliphatic carbocycles. The second-order valence-electron chi connectivity index (χ2n) is 11.5. The molecule has 1 amide bonds. The van der Waals surface area contributed by atoms with E-state index in [-0.39, 0.29) is 11.9 Å². The molecule has 0 bridgehead atoms. The molecule has 242 valence electrons. The summed E-state index contributed by atoms with van der Waals surface area (Å²) < 4.78 is 0. The van der Waals surface area contributed by atoms with Crippen LogP contribution in [0.3, 0.4) is 0 Å². The van der Waals surface area contributed by atoms with Crippen LogP contribution in [0.5, 0.6) is 0 Å². The van der Waals surface area contributed by atoms with Gasteiger partial charge in [-0.15, -0.1) is 0 Å². The topological polar surface area (TPSA) is 108 Å². The highest BCUT2D eigenvalue weighted by Gasteiger charge is 2.35. The number of amides is 1. The van der Waals surface area contributed by atoms with Crippen LogP contribution < -0.4 is 16.4 Å². The Kier molecular flexibility index (Phi) is 24.0. The second kappa shape index (κ2) is 25.6. The highest BCUT2D eigenvalue weighted by Crippen LogP contribution is 2.33. The summed E-state index contributed by atoms with van der Waals surface area (Å²) in [6, 6.07) is 19.8. The maximum absolute atomic E-state index is 12.0. The third-order valence-electron chi connectivity index (χ3n) is 8.25. The molecule has 1 aliphatic rings. The molecule has 43 heavy (non-hydrogen) atoms. The second-order valence-corrected chi connectivity index (χ2v) is 11.5. The summed E-state index contributed by atoms with van der Waals surface area (Å²) in [5.41, 5.74) is 8.00. The predicted molar refractivity (Wildman–Crippen MR) is 185 cm³/mol. The van der Waals surface area contributed by atoms with E-state index in [1.165, 1.54) is 61.4 Å². The molecule has 6 nitrogen and oxygen atoms in total. The van der Waals surface area contributed by atoms with Crippen molar-refractivity contribution in [2.24, 2.45) is 11.7 Å². The molecule has 5 N–H and O–H groups in total. The molecular weight excluding hydrogens is 532 g/mol. The zero-order chi connectivity index (χ0) is 32.3. The van der Waals surface area contributed by atoms with Gasteiger partial charge in [0.05, 0.1) is 5.54 Å². The fourth-order valence-corrected chi connectivity index (χ4v) is 5.36. The van der Waals surface area contributed by atoms with E-state index in [9.17, 15) is 4.79 Å². The Bertz CT molecular complexity index is 958. The first-order valence-corrected chi connectivity index (χ1v) is 16.5. The normalized spacial score (nSPS) is 14.7. The molecule has 1 fully saturated rings. The minimum Gasteiger partial charge on any atom is -0.372 e. The average molecular weight is 595 g/mol. The first-order chi connectivity index (χ1) is 20.8. The summed E-state index contributed by atoms with van der Waals surface area (Å²) in [6.45, 7) is 11.3. The molecule has 6 heteroatoms. The highest BCUT2D eigenvalue weighted by molar-refractivity contribution is 5.86. The van der Waals surface area contributed by atoms with Crippen molar-refractivity contribution in [3.63, 3.8) is 0 Å². The summed E-state index contributed by atoms with van der Waals surface area (Å²) in [5, 5.41) is 13.4. The molecule has 0 saturated heterocycles. The molecule has 2 aromatic carbocycles. The standard InChI is InChI=1S/C17H21N.C15H29NO.C4H9N.CH3NO/c1-3-15-9-11-16(12-10-15)13-18-14(2)17-7-5-4-6-8-17;1-4-5-11-15(16-3,13(2)17)12-14-9-7-6-8-10-14;1-2-3-4-5;2-1-3/h4-12,14,18H,3,13H2,1-2H3;14,16H,4-12H2,1-3H3;4-5H,2-3H2,1H3;1H,(H2,2,3). The van der Waals surface area contributed by atoms with E-state index in [1.807, 2.05) is 7.05 Å². The molecule has 0 aromatic heterocycles. The van der Waals surface area contributed by atoms with Gasteiger partial charge in [0.25, 0.3) is 0 Å². The number of unbranched alkanes of at least 4 members (excludes halogenated alkanes) is 2. The van der Waals surface area contributed by atoms with Gasteiger partial charge in [-0.05, 0) is 75.4 Å². The number of Topliss-reactive ketones (excluding diaryl/α,β-unsaturated/α-hetero) is 1. The van der Waals surface area contributed by atoms with Gasteiger partial charge in [-0.3, -0.25) is 9.59 Å². The van der Waals surface area contributed by atoms with Crippen molar-refractivity contribution < 1.29 is 9.59 Å². The highest BCUT2D eigenvalue weighted by atomic mass is 16.1. The third kappa shape index (κ3) is 17.8. The molecule has 2 aromatic rings. The number of rotatable bonds is 14. The first kappa shape index (κ1) is 40.2. The van der Waals surface area contributed by atoms with E-state index in [2.05, 4.69) is 98.7 Å². The Labute approximate surface area is 263 Å². The molecule has 3 rings (SSSR count). The quantitative estimate of drug-likeness (QED) is 0.130. The molecule has 0 aliphatic heterocycles. The van der Waals surface area contributed by atoms with E-state index in [4.69, 9.17) is 10.2 Å². The lowest BCUT2D eigenvalue weighted by atomic mass is 9.75. The molecule has 0 heterocycles.